The number of hydrogen-bond donors (Lipinski definition) is 2. The third kappa shape index (κ3) is 7.74. The summed E-state index contributed by atoms with van der Waals surface area (Å²) in [7, 11) is 0. The van der Waals surface area contributed by atoms with E-state index < -0.39 is 37.3 Å². The minimum atomic E-state index is -4.49. The Kier molecular flexibility index (Phi) is 5.06. The van der Waals surface area contributed by atoms with E-state index in [2.05, 4.69) is 4.74 Å². The van der Waals surface area contributed by atoms with Crippen LogP contribution in [-0.4, -0.2) is 42.4 Å². The van der Waals surface area contributed by atoms with Gasteiger partial charge in [-0.2, -0.15) is 13.2 Å². The van der Waals surface area contributed by atoms with E-state index in [0.29, 0.717) is 0 Å². The molecular weight excluding hydrogens is 219 g/mol. The van der Waals surface area contributed by atoms with Gasteiger partial charge in [-0.25, -0.2) is 4.79 Å². The number of aliphatic carboxylic acids is 1. The number of carboxylic acid groups (broad SMARTS) is 1. The summed E-state index contributed by atoms with van der Waals surface area (Å²) in [5.74, 6) is -2.31. The number of halogens is 3. The van der Waals surface area contributed by atoms with Gasteiger partial charge in [0.2, 0.25) is 5.91 Å². The third-order valence-corrected chi connectivity index (χ3v) is 1.30. The first kappa shape index (κ1) is 13.7. The molecule has 0 rings (SSSR count). The van der Waals surface area contributed by atoms with E-state index in [-0.39, 0.29) is 0 Å². The third-order valence-electron chi connectivity index (χ3n) is 1.30. The molecule has 88 valence electrons. The maximum absolute atomic E-state index is 11.6. The van der Waals surface area contributed by atoms with Crippen LogP contribution in [0.3, 0.4) is 0 Å². The van der Waals surface area contributed by atoms with Gasteiger partial charge in [0.1, 0.15) is 13.2 Å². The largest absolute Gasteiger partial charge is 0.479 e. The lowest BCUT2D eigenvalue weighted by molar-refractivity contribution is -0.153. The van der Waals surface area contributed by atoms with Crippen molar-refractivity contribution in [3.63, 3.8) is 0 Å². The average molecular weight is 229 g/mol. The first-order valence-electron chi connectivity index (χ1n) is 3.90. The van der Waals surface area contributed by atoms with Crippen molar-refractivity contribution >= 4 is 11.9 Å². The van der Waals surface area contributed by atoms with Crippen LogP contribution in [0.4, 0.5) is 13.2 Å². The number of carbonyl (C=O) groups excluding carboxylic acids is 1. The Morgan fingerprint density at radius 2 is 2.00 bits per heavy atom. The number of carbonyl (C=O) groups is 2. The summed E-state index contributed by atoms with van der Waals surface area (Å²) in [4.78, 5) is 20.9. The molecule has 0 aliphatic rings. The van der Waals surface area contributed by atoms with Crippen LogP contribution in [0.25, 0.3) is 0 Å². The first-order chi connectivity index (χ1) is 6.72. The van der Waals surface area contributed by atoms with Gasteiger partial charge in [0.25, 0.3) is 0 Å². The molecule has 1 atom stereocenters. The predicted octanol–water partition coefficient (Wildman–Crippen LogP) is 0.155. The number of ether oxygens (including phenoxy) is 1. The molecule has 0 bridgehead atoms. The lowest BCUT2D eigenvalue weighted by Gasteiger charge is -2.10. The summed E-state index contributed by atoms with van der Waals surface area (Å²) >= 11 is 0. The van der Waals surface area contributed by atoms with Gasteiger partial charge < -0.3 is 15.2 Å². The SMILES string of the molecule is CC(OCC(=O)NCC(F)(F)F)C(=O)O. The van der Waals surface area contributed by atoms with E-state index in [1.54, 1.807) is 0 Å². The van der Waals surface area contributed by atoms with E-state index in [1.807, 2.05) is 0 Å². The molecule has 0 saturated heterocycles. The van der Waals surface area contributed by atoms with Gasteiger partial charge in [0.15, 0.2) is 6.10 Å². The number of rotatable bonds is 5. The number of alkyl halides is 3. The molecule has 0 aliphatic heterocycles. The molecule has 1 amide bonds. The van der Waals surface area contributed by atoms with Crippen molar-refractivity contribution in [1.82, 2.24) is 5.32 Å². The fourth-order valence-corrected chi connectivity index (χ4v) is 0.522. The quantitative estimate of drug-likeness (QED) is 0.703. The van der Waals surface area contributed by atoms with Crippen molar-refractivity contribution in [2.75, 3.05) is 13.2 Å². The topological polar surface area (TPSA) is 75.6 Å². The molecule has 2 N–H and O–H groups in total. The van der Waals surface area contributed by atoms with E-state index in [1.165, 1.54) is 12.2 Å². The molecule has 5 nitrogen and oxygen atoms in total. The number of nitrogens with one attached hydrogen (secondary N) is 1. The Labute approximate surface area is 83.2 Å². The average Bonchev–Trinajstić information content (AvgIpc) is 2.09. The highest BCUT2D eigenvalue weighted by Crippen LogP contribution is 2.11. The van der Waals surface area contributed by atoms with Gasteiger partial charge in [-0.3, -0.25) is 4.79 Å². The van der Waals surface area contributed by atoms with Crippen LogP contribution in [0.15, 0.2) is 0 Å². The highest BCUT2D eigenvalue weighted by atomic mass is 19.4. The standard InChI is InChI=1S/C7H10F3NO4/c1-4(6(13)14)15-2-5(12)11-3-7(8,9)10/h4H,2-3H2,1H3,(H,11,12)(H,13,14). The maximum Gasteiger partial charge on any atom is 0.405 e. The Morgan fingerprint density at radius 3 is 2.40 bits per heavy atom. The summed E-state index contributed by atoms with van der Waals surface area (Å²) in [5.41, 5.74) is 0. The molecule has 8 heteroatoms. The van der Waals surface area contributed by atoms with Crippen LogP contribution in [0.1, 0.15) is 6.92 Å². The monoisotopic (exact) mass is 229 g/mol. The number of carboxylic acids is 1. The molecular formula is C7H10F3NO4. The Hall–Kier alpha value is -1.31. The molecule has 0 aromatic heterocycles. The van der Waals surface area contributed by atoms with Gasteiger partial charge in [-0.05, 0) is 6.92 Å². The molecule has 0 aromatic carbocycles. The fourth-order valence-electron chi connectivity index (χ4n) is 0.522. The molecule has 0 saturated carbocycles. The Bertz CT molecular complexity index is 241. The molecule has 0 aliphatic carbocycles. The summed E-state index contributed by atoms with van der Waals surface area (Å²) < 4.78 is 39.2. The molecule has 0 aromatic rings. The molecule has 0 fully saturated rings. The van der Waals surface area contributed by atoms with Crippen LogP contribution in [-0.2, 0) is 14.3 Å². The zero-order chi connectivity index (χ0) is 12.1. The molecule has 0 spiro atoms. The van der Waals surface area contributed by atoms with Crippen molar-refractivity contribution in [2.45, 2.75) is 19.2 Å². The van der Waals surface area contributed by atoms with E-state index >= 15 is 0 Å². The lowest BCUT2D eigenvalue weighted by atomic mass is 10.4. The van der Waals surface area contributed by atoms with E-state index in [9.17, 15) is 22.8 Å². The normalized spacial score (nSPS) is 13.3. The second kappa shape index (κ2) is 5.54. The lowest BCUT2D eigenvalue weighted by Crippen LogP contribution is -2.37. The number of amides is 1. The van der Waals surface area contributed by atoms with Gasteiger partial charge >= 0.3 is 12.1 Å². The van der Waals surface area contributed by atoms with E-state index in [4.69, 9.17) is 5.11 Å². The second-order valence-corrected chi connectivity index (χ2v) is 2.68. The zero-order valence-electron chi connectivity index (χ0n) is 7.80. The maximum atomic E-state index is 11.6. The van der Waals surface area contributed by atoms with Crippen LogP contribution in [0.5, 0.6) is 0 Å². The minimum Gasteiger partial charge on any atom is -0.479 e. The van der Waals surface area contributed by atoms with Crippen molar-refractivity contribution < 1.29 is 32.6 Å². The van der Waals surface area contributed by atoms with E-state index in [0.717, 1.165) is 0 Å². The molecule has 1 unspecified atom stereocenters. The minimum absolute atomic E-state index is 0.719. The van der Waals surface area contributed by atoms with Crippen molar-refractivity contribution in [1.29, 1.82) is 0 Å². The Balaban J connectivity index is 3.72. The van der Waals surface area contributed by atoms with Crippen LogP contribution < -0.4 is 5.32 Å². The summed E-state index contributed by atoms with van der Waals surface area (Å²) in [5, 5.41) is 9.85. The number of hydrogen-bond acceptors (Lipinski definition) is 3. The summed E-state index contributed by atoms with van der Waals surface area (Å²) in [6.07, 6.45) is -5.73. The van der Waals surface area contributed by atoms with Crippen molar-refractivity contribution in [3.8, 4) is 0 Å². The predicted molar refractivity (Wildman–Crippen MR) is 42.1 cm³/mol. The molecule has 0 radical (unpaired) electrons. The Morgan fingerprint density at radius 1 is 1.47 bits per heavy atom. The highest BCUT2D eigenvalue weighted by molar-refractivity contribution is 5.78. The molecule has 15 heavy (non-hydrogen) atoms. The molecule has 0 heterocycles. The van der Waals surface area contributed by atoms with Crippen LogP contribution >= 0.6 is 0 Å². The highest BCUT2D eigenvalue weighted by Gasteiger charge is 2.27. The van der Waals surface area contributed by atoms with Crippen molar-refractivity contribution in [3.05, 3.63) is 0 Å². The van der Waals surface area contributed by atoms with Crippen LogP contribution in [0.2, 0.25) is 0 Å². The summed E-state index contributed by atoms with van der Waals surface area (Å²) in [6.45, 7) is -1.01. The van der Waals surface area contributed by atoms with Gasteiger partial charge in [-0.15, -0.1) is 0 Å². The van der Waals surface area contributed by atoms with Gasteiger partial charge in [0.05, 0.1) is 0 Å². The fraction of sp³-hybridized carbons (Fsp3) is 0.714. The van der Waals surface area contributed by atoms with Gasteiger partial charge in [-0.1, -0.05) is 0 Å². The van der Waals surface area contributed by atoms with Crippen LogP contribution in [0, 0.1) is 0 Å². The van der Waals surface area contributed by atoms with Gasteiger partial charge in [0, 0.05) is 0 Å². The summed E-state index contributed by atoms with van der Waals surface area (Å²) in [6, 6.07) is 0. The first-order valence-corrected chi connectivity index (χ1v) is 3.90. The van der Waals surface area contributed by atoms with Crippen molar-refractivity contribution in [2.24, 2.45) is 0 Å². The smallest absolute Gasteiger partial charge is 0.405 e. The zero-order valence-corrected chi connectivity index (χ0v) is 7.80. The second-order valence-electron chi connectivity index (χ2n) is 2.68.